The monoisotopic (exact) mass is 351 g/mol. The maximum absolute atomic E-state index is 4.47. The maximum Gasteiger partial charge on any atom is 0.0607 e. The second-order valence-corrected chi connectivity index (χ2v) is 7.05. The van der Waals surface area contributed by atoms with E-state index in [9.17, 15) is 0 Å². The van der Waals surface area contributed by atoms with Crippen LogP contribution in [-0.2, 0) is 6.42 Å². The quantitative estimate of drug-likeness (QED) is 0.352. The molecule has 0 radical (unpaired) electrons. The Balaban J connectivity index is 1.79. The van der Waals surface area contributed by atoms with Crippen molar-refractivity contribution >= 4 is 11.1 Å². The predicted molar refractivity (Wildman–Crippen MR) is 116 cm³/mol. The van der Waals surface area contributed by atoms with E-state index in [4.69, 9.17) is 0 Å². The molecule has 0 aliphatic rings. The van der Waals surface area contributed by atoms with Gasteiger partial charge < -0.3 is 4.40 Å². The summed E-state index contributed by atoms with van der Waals surface area (Å²) in [5.74, 6) is 0. The molecule has 0 bridgehead atoms. The predicted octanol–water partition coefficient (Wildman–Crippen LogP) is 7.01. The number of pyridine rings is 1. The molecule has 134 valence electrons. The van der Waals surface area contributed by atoms with Crippen molar-refractivity contribution in [2.24, 2.45) is 0 Å². The van der Waals surface area contributed by atoms with Crippen LogP contribution in [0.25, 0.3) is 22.2 Å². The molecular weight excluding hydrogens is 326 g/mol. The molecule has 0 saturated carbocycles. The zero-order valence-corrected chi connectivity index (χ0v) is 15.9. The zero-order valence-electron chi connectivity index (χ0n) is 15.9. The standard InChI is InChI=1S/C26H25N/c1-3-4-10-21-14-16-22(17-15-21)20(2)26-25(23-11-6-5-7-12-23)19-24-13-8-9-18-27(24)26/h5-9,11-19H,2-4,10H2,1H3. The van der Waals surface area contributed by atoms with Gasteiger partial charge >= 0.3 is 0 Å². The van der Waals surface area contributed by atoms with E-state index in [-0.39, 0.29) is 0 Å². The summed E-state index contributed by atoms with van der Waals surface area (Å²) in [5, 5.41) is 0. The number of hydrogen-bond donors (Lipinski definition) is 0. The van der Waals surface area contributed by atoms with Crippen molar-refractivity contribution in [1.82, 2.24) is 4.40 Å². The maximum atomic E-state index is 4.47. The van der Waals surface area contributed by atoms with E-state index < -0.39 is 0 Å². The van der Waals surface area contributed by atoms with Gasteiger partial charge in [0.15, 0.2) is 0 Å². The summed E-state index contributed by atoms with van der Waals surface area (Å²) >= 11 is 0. The van der Waals surface area contributed by atoms with Gasteiger partial charge in [-0.25, -0.2) is 0 Å². The van der Waals surface area contributed by atoms with E-state index in [0.717, 1.165) is 17.7 Å². The molecule has 4 aromatic rings. The lowest BCUT2D eigenvalue weighted by molar-refractivity contribution is 0.795. The highest BCUT2D eigenvalue weighted by Crippen LogP contribution is 2.34. The molecule has 4 rings (SSSR count). The van der Waals surface area contributed by atoms with Crippen LogP contribution in [0.3, 0.4) is 0 Å². The molecule has 0 saturated heterocycles. The largest absolute Gasteiger partial charge is 0.316 e. The summed E-state index contributed by atoms with van der Waals surface area (Å²) in [5.41, 5.74) is 8.43. The van der Waals surface area contributed by atoms with Crippen LogP contribution in [0.1, 0.15) is 36.6 Å². The molecule has 27 heavy (non-hydrogen) atoms. The van der Waals surface area contributed by atoms with Crippen molar-refractivity contribution in [2.75, 3.05) is 0 Å². The first-order valence-corrected chi connectivity index (χ1v) is 9.72. The highest BCUT2D eigenvalue weighted by Gasteiger charge is 2.15. The number of unbranched alkanes of at least 4 members (excludes halogenated alkanes) is 1. The fourth-order valence-corrected chi connectivity index (χ4v) is 3.66. The number of fused-ring (bicyclic) bond motifs is 1. The van der Waals surface area contributed by atoms with Gasteiger partial charge in [0, 0.05) is 17.3 Å². The van der Waals surface area contributed by atoms with E-state index >= 15 is 0 Å². The second kappa shape index (κ2) is 7.67. The topological polar surface area (TPSA) is 4.41 Å². The molecule has 0 aliphatic carbocycles. The normalized spacial score (nSPS) is 11.0. The molecule has 2 heterocycles. The van der Waals surface area contributed by atoms with Crippen molar-refractivity contribution in [2.45, 2.75) is 26.2 Å². The van der Waals surface area contributed by atoms with Gasteiger partial charge in [0.2, 0.25) is 0 Å². The number of rotatable bonds is 6. The number of benzene rings is 2. The van der Waals surface area contributed by atoms with Crippen LogP contribution in [0, 0.1) is 0 Å². The van der Waals surface area contributed by atoms with Crippen LogP contribution in [-0.4, -0.2) is 4.40 Å². The smallest absolute Gasteiger partial charge is 0.0607 e. The average Bonchev–Trinajstić information content (AvgIpc) is 3.12. The van der Waals surface area contributed by atoms with E-state index in [1.54, 1.807) is 0 Å². The third-order valence-corrected chi connectivity index (χ3v) is 5.17. The van der Waals surface area contributed by atoms with Crippen molar-refractivity contribution in [3.05, 3.63) is 108 Å². The Labute approximate surface area is 161 Å². The number of aryl methyl sites for hydroxylation is 1. The Morgan fingerprint density at radius 3 is 2.37 bits per heavy atom. The van der Waals surface area contributed by atoms with Gasteiger partial charge in [0.1, 0.15) is 0 Å². The molecule has 2 aromatic heterocycles. The SMILES string of the molecule is C=C(c1ccc(CCCC)cc1)c1c(-c2ccccc2)cc2ccccn12. The van der Waals surface area contributed by atoms with Crippen LogP contribution in [0.15, 0.2) is 91.6 Å². The fourth-order valence-electron chi connectivity index (χ4n) is 3.66. The minimum Gasteiger partial charge on any atom is -0.316 e. The Bertz CT molecular complexity index is 1050. The first-order valence-electron chi connectivity index (χ1n) is 9.72. The zero-order chi connectivity index (χ0) is 18.6. The third-order valence-electron chi connectivity index (χ3n) is 5.17. The lowest BCUT2D eigenvalue weighted by atomic mass is 9.96. The molecule has 0 aliphatic heterocycles. The lowest BCUT2D eigenvalue weighted by Gasteiger charge is -2.12. The summed E-state index contributed by atoms with van der Waals surface area (Å²) in [6, 6.07) is 28.0. The molecular formula is C26H25N. The van der Waals surface area contributed by atoms with Gasteiger partial charge in [-0.2, -0.15) is 0 Å². The highest BCUT2D eigenvalue weighted by atomic mass is 14.9. The van der Waals surface area contributed by atoms with Crippen LogP contribution >= 0.6 is 0 Å². The Morgan fingerprint density at radius 2 is 1.63 bits per heavy atom. The Morgan fingerprint density at radius 1 is 0.889 bits per heavy atom. The highest BCUT2D eigenvalue weighted by molar-refractivity contribution is 5.89. The summed E-state index contributed by atoms with van der Waals surface area (Å²) in [4.78, 5) is 0. The van der Waals surface area contributed by atoms with Crippen molar-refractivity contribution in [3.8, 4) is 11.1 Å². The van der Waals surface area contributed by atoms with E-state index in [1.165, 1.54) is 40.6 Å². The fraction of sp³-hybridized carbons (Fsp3) is 0.154. The number of aromatic nitrogens is 1. The van der Waals surface area contributed by atoms with E-state index in [1.807, 2.05) is 0 Å². The molecule has 0 amide bonds. The minimum absolute atomic E-state index is 1.06. The van der Waals surface area contributed by atoms with Gasteiger partial charge in [-0.15, -0.1) is 0 Å². The molecule has 0 N–H and O–H groups in total. The first-order chi connectivity index (χ1) is 13.3. The summed E-state index contributed by atoms with van der Waals surface area (Å²) < 4.78 is 2.25. The summed E-state index contributed by atoms with van der Waals surface area (Å²) in [6.07, 6.45) is 5.73. The van der Waals surface area contributed by atoms with Crippen LogP contribution in [0.4, 0.5) is 0 Å². The third kappa shape index (κ3) is 3.46. The van der Waals surface area contributed by atoms with Crippen molar-refractivity contribution in [3.63, 3.8) is 0 Å². The van der Waals surface area contributed by atoms with Crippen LogP contribution in [0.5, 0.6) is 0 Å². The van der Waals surface area contributed by atoms with Gasteiger partial charge in [0.25, 0.3) is 0 Å². The van der Waals surface area contributed by atoms with Gasteiger partial charge in [0.05, 0.1) is 5.69 Å². The van der Waals surface area contributed by atoms with Gasteiger partial charge in [-0.3, -0.25) is 0 Å². The summed E-state index contributed by atoms with van der Waals surface area (Å²) in [6.45, 7) is 6.71. The lowest BCUT2D eigenvalue weighted by Crippen LogP contribution is -1.95. The first kappa shape index (κ1) is 17.4. The number of nitrogens with zero attached hydrogens (tertiary/aromatic N) is 1. The average molecular weight is 351 g/mol. The second-order valence-electron chi connectivity index (χ2n) is 7.05. The van der Waals surface area contributed by atoms with Crippen molar-refractivity contribution < 1.29 is 0 Å². The van der Waals surface area contributed by atoms with Crippen molar-refractivity contribution in [1.29, 1.82) is 0 Å². The molecule has 2 aromatic carbocycles. The summed E-state index contributed by atoms with van der Waals surface area (Å²) in [7, 11) is 0. The molecule has 0 atom stereocenters. The van der Waals surface area contributed by atoms with E-state index in [2.05, 4.69) is 103 Å². The van der Waals surface area contributed by atoms with Crippen LogP contribution in [0.2, 0.25) is 0 Å². The molecule has 1 heteroatoms. The van der Waals surface area contributed by atoms with Crippen LogP contribution < -0.4 is 0 Å². The molecule has 1 nitrogen and oxygen atoms in total. The molecule has 0 fully saturated rings. The molecule has 0 spiro atoms. The van der Waals surface area contributed by atoms with Gasteiger partial charge in [-0.1, -0.05) is 80.6 Å². The Hall–Kier alpha value is -3.06. The Kier molecular flexibility index (Phi) is 4.93. The van der Waals surface area contributed by atoms with Gasteiger partial charge in [-0.05, 0) is 53.3 Å². The molecule has 0 unspecified atom stereocenters. The van der Waals surface area contributed by atoms with E-state index in [0.29, 0.717) is 0 Å². The number of hydrogen-bond acceptors (Lipinski definition) is 0. The minimum atomic E-state index is 1.06.